The molecule has 0 saturated carbocycles. The number of methoxy groups -OCH3 is 2. The van der Waals surface area contributed by atoms with Crippen molar-refractivity contribution in [2.45, 2.75) is 20.0 Å². The summed E-state index contributed by atoms with van der Waals surface area (Å²) in [6.45, 7) is 3.96. The molecule has 2 rings (SSSR count). The van der Waals surface area contributed by atoms with E-state index in [-0.39, 0.29) is 0 Å². The van der Waals surface area contributed by atoms with E-state index in [0.717, 1.165) is 28.0 Å². The van der Waals surface area contributed by atoms with Crippen LogP contribution in [0.3, 0.4) is 0 Å². The quantitative estimate of drug-likeness (QED) is 0.927. The molecular formula is C17H20O3. The van der Waals surface area contributed by atoms with Gasteiger partial charge in [-0.1, -0.05) is 17.7 Å². The van der Waals surface area contributed by atoms with Gasteiger partial charge in [-0.15, -0.1) is 0 Å². The lowest BCUT2D eigenvalue weighted by atomic mass is 9.95. The van der Waals surface area contributed by atoms with Crippen molar-refractivity contribution in [3.8, 4) is 11.5 Å². The maximum absolute atomic E-state index is 10.7. The minimum absolute atomic E-state index is 0.693. The summed E-state index contributed by atoms with van der Waals surface area (Å²) in [5.74, 6) is 1.48. The largest absolute Gasteiger partial charge is 0.497 e. The van der Waals surface area contributed by atoms with Gasteiger partial charge in [0.25, 0.3) is 0 Å². The Kier molecular flexibility index (Phi) is 4.30. The third-order valence-electron chi connectivity index (χ3n) is 3.45. The number of ether oxygens (including phenoxy) is 2. The highest BCUT2D eigenvalue weighted by Gasteiger charge is 2.17. The molecular weight excluding hydrogens is 252 g/mol. The molecule has 0 aliphatic rings. The van der Waals surface area contributed by atoms with Crippen molar-refractivity contribution >= 4 is 0 Å². The second kappa shape index (κ2) is 5.97. The Hall–Kier alpha value is -2.00. The average Bonchev–Trinajstić information content (AvgIpc) is 2.46. The van der Waals surface area contributed by atoms with Crippen molar-refractivity contribution in [1.29, 1.82) is 0 Å². The van der Waals surface area contributed by atoms with E-state index in [4.69, 9.17) is 9.47 Å². The normalized spacial score (nSPS) is 12.1. The molecule has 0 spiro atoms. The van der Waals surface area contributed by atoms with E-state index in [1.807, 2.05) is 50.2 Å². The fraction of sp³-hybridized carbons (Fsp3) is 0.294. The van der Waals surface area contributed by atoms with Crippen LogP contribution in [0.15, 0.2) is 36.4 Å². The molecule has 0 saturated heterocycles. The summed E-state index contributed by atoms with van der Waals surface area (Å²) in [6.07, 6.45) is -0.712. The lowest BCUT2D eigenvalue weighted by Gasteiger charge is -2.18. The molecule has 0 fully saturated rings. The van der Waals surface area contributed by atoms with Crippen LogP contribution in [0.4, 0.5) is 0 Å². The lowest BCUT2D eigenvalue weighted by Crippen LogP contribution is -2.05. The zero-order valence-electron chi connectivity index (χ0n) is 12.3. The molecule has 0 radical (unpaired) electrons. The lowest BCUT2D eigenvalue weighted by molar-refractivity contribution is 0.214. The Bertz CT molecular complexity index is 605. The van der Waals surface area contributed by atoms with Gasteiger partial charge >= 0.3 is 0 Å². The maximum atomic E-state index is 10.7. The van der Waals surface area contributed by atoms with Gasteiger partial charge in [-0.25, -0.2) is 0 Å². The first-order chi connectivity index (χ1) is 9.56. The van der Waals surface area contributed by atoms with E-state index < -0.39 is 6.10 Å². The molecule has 0 amide bonds. The topological polar surface area (TPSA) is 38.7 Å². The summed E-state index contributed by atoms with van der Waals surface area (Å²) in [4.78, 5) is 0. The second-order valence-corrected chi connectivity index (χ2v) is 4.87. The van der Waals surface area contributed by atoms with Crippen LogP contribution >= 0.6 is 0 Å². The molecule has 0 aromatic heterocycles. The number of rotatable bonds is 4. The Labute approximate surface area is 119 Å². The van der Waals surface area contributed by atoms with E-state index in [9.17, 15) is 5.11 Å². The Morgan fingerprint density at radius 2 is 1.65 bits per heavy atom. The monoisotopic (exact) mass is 272 g/mol. The number of benzene rings is 2. The average molecular weight is 272 g/mol. The number of aryl methyl sites for hydroxylation is 2. The molecule has 0 aliphatic heterocycles. The number of aliphatic hydroxyl groups excluding tert-OH is 1. The van der Waals surface area contributed by atoms with E-state index in [2.05, 4.69) is 0 Å². The highest BCUT2D eigenvalue weighted by atomic mass is 16.5. The van der Waals surface area contributed by atoms with Crippen molar-refractivity contribution in [2.75, 3.05) is 14.2 Å². The Morgan fingerprint density at radius 3 is 2.25 bits per heavy atom. The molecule has 106 valence electrons. The zero-order chi connectivity index (χ0) is 14.7. The number of hydrogen-bond acceptors (Lipinski definition) is 3. The van der Waals surface area contributed by atoms with Gasteiger partial charge in [-0.3, -0.25) is 0 Å². The van der Waals surface area contributed by atoms with Crippen LogP contribution in [0.1, 0.15) is 28.4 Å². The van der Waals surface area contributed by atoms with E-state index in [1.54, 1.807) is 14.2 Å². The maximum Gasteiger partial charge on any atom is 0.125 e. The minimum atomic E-state index is -0.712. The van der Waals surface area contributed by atoms with Gasteiger partial charge in [0.15, 0.2) is 0 Å². The van der Waals surface area contributed by atoms with Crippen LogP contribution in [0.5, 0.6) is 11.5 Å². The molecule has 2 aromatic carbocycles. The van der Waals surface area contributed by atoms with Gasteiger partial charge in [0.05, 0.1) is 14.2 Å². The van der Waals surface area contributed by atoms with Crippen molar-refractivity contribution < 1.29 is 14.6 Å². The molecule has 1 N–H and O–H groups in total. The molecule has 3 nitrogen and oxygen atoms in total. The number of aliphatic hydroxyl groups is 1. The van der Waals surface area contributed by atoms with Gasteiger partial charge in [0.1, 0.15) is 17.6 Å². The molecule has 0 aliphatic carbocycles. The minimum Gasteiger partial charge on any atom is -0.497 e. The fourth-order valence-corrected chi connectivity index (χ4v) is 2.32. The zero-order valence-corrected chi connectivity index (χ0v) is 12.3. The van der Waals surface area contributed by atoms with Gasteiger partial charge in [0.2, 0.25) is 0 Å². The van der Waals surface area contributed by atoms with Crippen molar-refractivity contribution in [3.63, 3.8) is 0 Å². The van der Waals surface area contributed by atoms with Crippen molar-refractivity contribution in [2.24, 2.45) is 0 Å². The third-order valence-corrected chi connectivity index (χ3v) is 3.45. The standard InChI is InChI=1S/C17H20O3/c1-11-5-8-16(20-4)15(9-11)17(18)14-7-6-13(19-3)10-12(14)2/h5-10,17-18H,1-4H3. The van der Waals surface area contributed by atoms with Crippen molar-refractivity contribution in [1.82, 2.24) is 0 Å². The van der Waals surface area contributed by atoms with E-state index in [0.29, 0.717) is 5.75 Å². The Balaban J connectivity index is 2.45. The van der Waals surface area contributed by atoms with Crippen LogP contribution in [0, 0.1) is 13.8 Å². The van der Waals surface area contributed by atoms with E-state index >= 15 is 0 Å². The van der Waals surface area contributed by atoms with Crippen LogP contribution in [-0.2, 0) is 0 Å². The van der Waals surface area contributed by atoms with Gasteiger partial charge in [-0.05, 0) is 49.2 Å². The first-order valence-electron chi connectivity index (χ1n) is 6.54. The van der Waals surface area contributed by atoms with Crippen LogP contribution in [0.25, 0.3) is 0 Å². The molecule has 0 heterocycles. The summed E-state index contributed by atoms with van der Waals surface area (Å²) in [5, 5.41) is 10.7. The summed E-state index contributed by atoms with van der Waals surface area (Å²) in [6, 6.07) is 11.5. The smallest absolute Gasteiger partial charge is 0.125 e. The summed E-state index contributed by atoms with van der Waals surface area (Å²) < 4.78 is 10.5. The summed E-state index contributed by atoms with van der Waals surface area (Å²) in [5.41, 5.74) is 3.71. The molecule has 3 heteroatoms. The SMILES string of the molecule is COc1ccc(C(O)c2cc(C)ccc2OC)c(C)c1. The molecule has 2 aromatic rings. The van der Waals surface area contributed by atoms with Crippen LogP contribution < -0.4 is 9.47 Å². The van der Waals surface area contributed by atoms with Gasteiger partial charge in [-0.2, -0.15) is 0 Å². The van der Waals surface area contributed by atoms with Crippen LogP contribution in [-0.4, -0.2) is 19.3 Å². The predicted octanol–water partition coefficient (Wildman–Crippen LogP) is 3.40. The van der Waals surface area contributed by atoms with E-state index in [1.165, 1.54) is 0 Å². The molecule has 1 atom stereocenters. The molecule has 20 heavy (non-hydrogen) atoms. The fourth-order valence-electron chi connectivity index (χ4n) is 2.32. The predicted molar refractivity (Wildman–Crippen MR) is 79.5 cm³/mol. The van der Waals surface area contributed by atoms with Crippen LogP contribution in [0.2, 0.25) is 0 Å². The molecule has 0 bridgehead atoms. The van der Waals surface area contributed by atoms with Gasteiger partial charge < -0.3 is 14.6 Å². The summed E-state index contributed by atoms with van der Waals surface area (Å²) in [7, 11) is 3.25. The second-order valence-electron chi connectivity index (χ2n) is 4.87. The Morgan fingerprint density at radius 1 is 0.900 bits per heavy atom. The van der Waals surface area contributed by atoms with Crippen molar-refractivity contribution in [3.05, 3.63) is 58.7 Å². The molecule has 1 unspecified atom stereocenters. The van der Waals surface area contributed by atoms with Gasteiger partial charge in [0, 0.05) is 5.56 Å². The first-order valence-corrected chi connectivity index (χ1v) is 6.54. The highest BCUT2D eigenvalue weighted by molar-refractivity contribution is 5.46. The summed E-state index contributed by atoms with van der Waals surface area (Å²) >= 11 is 0. The third kappa shape index (κ3) is 2.78. The first kappa shape index (κ1) is 14.4. The number of hydrogen-bond donors (Lipinski definition) is 1. The highest BCUT2D eigenvalue weighted by Crippen LogP contribution is 2.33.